The van der Waals surface area contributed by atoms with E-state index in [0.29, 0.717) is 16.8 Å². The lowest BCUT2D eigenvalue weighted by molar-refractivity contribution is 0.0600. The van der Waals surface area contributed by atoms with Crippen LogP contribution in [0.1, 0.15) is 26.4 Å². The van der Waals surface area contributed by atoms with Crippen LogP contribution < -0.4 is 5.32 Å². The van der Waals surface area contributed by atoms with E-state index in [2.05, 4.69) is 20.0 Å². The molecular weight excluding hydrogens is 330 g/mol. The van der Waals surface area contributed by atoms with E-state index in [1.807, 2.05) is 36.4 Å². The summed E-state index contributed by atoms with van der Waals surface area (Å²) < 4.78 is 4.64. The number of hydrogen-bond donors (Lipinski definition) is 1. The summed E-state index contributed by atoms with van der Waals surface area (Å²) in [4.78, 5) is 32.1. The predicted octanol–water partition coefficient (Wildman–Crippen LogP) is 2.86. The molecule has 3 rings (SSSR count). The number of nitrogens with one attached hydrogen (secondary N) is 1. The summed E-state index contributed by atoms with van der Waals surface area (Å²) in [6, 6.07) is 17.9. The maximum atomic E-state index is 12.3. The molecule has 0 aliphatic heterocycles. The van der Waals surface area contributed by atoms with Crippen LogP contribution in [0.15, 0.2) is 67.0 Å². The summed E-state index contributed by atoms with van der Waals surface area (Å²) in [6.45, 7) is 0.278. The van der Waals surface area contributed by atoms with Gasteiger partial charge in [-0.05, 0) is 30.3 Å². The van der Waals surface area contributed by atoms with Crippen molar-refractivity contribution in [3.8, 4) is 11.3 Å². The van der Waals surface area contributed by atoms with Gasteiger partial charge >= 0.3 is 5.97 Å². The summed E-state index contributed by atoms with van der Waals surface area (Å²) in [7, 11) is 1.31. The highest BCUT2D eigenvalue weighted by Gasteiger charge is 2.09. The van der Waals surface area contributed by atoms with Crippen LogP contribution in [0, 0.1) is 0 Å². The van der Waals surface area contributed by atoms with Crippen molar-refractivity contribution in [2.24, 2.45) is 0 Å². The largest absolute Gasteiger partial charge is 0.465 e. The zero-order chi connectivity index (χ0) is 18.4. The molecule has 0 aliphatic carbocycles. The van der Waals surface area contributed by atoms with Crippen molar-refractivity contribution in [3.63, 3.8) is 0 Å². The number of esters is 1. The van der Waals surface area contributed by atoms with Gasteiger partial charge in [0.25, 0.3) is 5.91 Å². The fourth-order valence-electron chi connectivity index (χ4n) is 2.41. The number of hydrogen-bond acceptors (Lipinski definition) is 5. The Morgan fingerprint density at radius 1 is 0.962 bits per heavy atom. The molecule has 1 amide bonds. The van der Waals surface area contributed by atoms with Crippen LogP contribution >= 0.6 is 0 Å². The second-order valence-electron chi connectivity index (χ2n) is 5.51. The minimum Gasteiger partial charge on any atom is -0.465 e. The van der Waals surface area contributed by atoms with E-state index >= 15 is 0 Å². The standard InChI is InChI=1S/C20H17N3O3/c1-26-20(25)16-9-7-15(8-10-16)19(24)21-12-17-11-18(23-13-22-17)14-5-3-2-4-6-14/h2-11,13H,12H2,1H3,(H,21,24). The Morgan fingerprint density at radius 3 is 2.35 bits per heavy atom. The topological polar surface area (TPSA) is 81.2 Å². The molecule has 1 heterocycles. The number of aromatic nitrogens is 2. The molecule has 0 fully saturated rings. The molecule has 6 nitrogen and oxygen atoms in total. The van der Waals surface area contributed by atoms with Gasteiger partial charge in [0, 0.05) is 11.1 Å². The lowest BCUT2D eigenvalue weighted by Gasteiger charge is -2.07. The molecule has 0 spiro atoms. The second-order valence-corrected chi connectivity index (χ2v) is 5.51. The molecule has 0 saturated heterocycles. The zero-order valence-electron chi connectivity index (χ0n) is 14.2. The second kappa shape index (κ2) is 8.02. The molecule has 0 saturated carbocycles. The first-order chi connectivity index (χ1) is 12.7. The van der Waals surface area contributed by atoms with Gasteiger partial charge in [-0.2, -0.15) is 0 Å². The fourth-order valence-corrected chi connectivity index (χ4v) is 2.41. The van der Waals surface area contributed by atoms with E-state index in [1.54, 1.807) is 24.3 Å². The van der Waals surface area contributed by atoms with Crippen LogP contribution in [0.3, 0.4) is 0 Å². The van der Waals surface area contributed by atoms with E-state index in [1.165, 1.54) is 13.4 Å². The number of methoxy groups -OCH3 is 1. The summed E-state index contributed by atoms with van der Waals surface area (Å²) in [6.07, 6.45) is 1.48. The molecule has 0 atom stereocenters. The van der Waals surface area contributed by atoms with Crippen molar-refractivity contribution in [2.75, 3.05) is 7.11 Å². The summed E-state index contributed by atoms with van der Waals surface area (Å²) >= 11 is 0. The third-order valence-corrected chi connectivity index (χ3v) is 3.79. The van der Waals surface area contributed by atoms with E-state index in [-0.39, 0.29) is 12.5 Å². The van der Waals surface area contributed by atoms with Crippen LogP contribution in [0.2, 0.25) is 0 Å². The quantitative estimate of drug-likeness (QED) is 0.718. The molecule has 1 N–H and O–H groups in total. The molecule has 2 aromatic carbocycles. The third kappa shape index (κ3) is 4.10. The Bertz CT molecular complexity index is 909. The number of amides is 1. The minimum absolute atomic E-state index is 0.249. The average Bonchev–Trinajstić information content (AvgIpc) is 2.72. The van der Waals surface area contributed by atoms with Gasteiger partial charge in [0.2, 0.25) is 0 Å². The molecule has 0 aliphatic rings. The Kier molecular flexibility index (Phi) is 5.34. The van der Waals surface area contributed by atoms with Crippen LogP contribution in [-0.2, 0) is 11.3 Å². The SMILES string of the molecule is COC(=O)c1ccc(C(=O)NCc2cc(-c3ccccc3)ncn2)cc1. The highest BCUT2D eigenvalue weighted by atomic mass is 16.5. The highest BCUT2D eigenvalue weighted by Crippen LogP contribution is 2.16. The van der Waals surface area contributed by atoms with Gasteiger partial charge < -0.3 is 10.1 Å². The first-order valence-corrected chi connectivity index (χ1v) is 8.00. The van der Waals surface area contributed by atoms with Crippen LogP contribution in [0.4, 0.5) is 0 Å². The van der Waals surface area contributed by atoms with E-state index in [4.69, 9.17) is 0 Å². The van der Waals surface area contributed by atoms with Gasteiger partial charge in [0.1, 0.15) is 6.33 Å². The van der Waals surface area contributed by atoms with E-state index in [0.717, 1.165) is 11.3 Å². The first kappa shape index (κ1) is 17.3. The number of benzene rings is 2. The van der Waals surface area contributed by atoms with Crippen LogP contribution in [0.25, 0.3) is 11.3 Å². The van der Waals surface area contributed by atoms with Crippen LogP contribution in [-0.4, -0.2) is 29.0 Å². The number of rotatable bonds is 5. The maximum absolute atomic E-state index is 12.3. The molecule has 0 bridgehead atoms. The summed E-state index contributed by atoms with van der Waals surface area (Å²) in [5.74, 6) is -0.687. The molecule has 0 radical (unpaired) electrons. The average molecular weight is 347 g/mol. The lowest BCUT2D eigenvalue weighted by Crippen LogP contribution is -2.23. The molecule has 1 aromatic heterocycles. The van der Waals surface area contributed by atoms with Gasteiger partial charge in [-0.1, -0.05) is 30.3 Å². The van der Waals surface area contributed by atoms with Crippen molar-refractivity contribution in [2.45, 2.75) is 6.54 Å². The lowest BCUT2D eigenvalue weighted by atomic mass is 10.1. The zero-order valence-corrected chi connectivity index (χ0v) is 14.2. The van der Waals surface area contributed by atoms with Crippen molar-refractivity contribution < 1.29 is 14.3 Å². The van der Waals surface area contributed by atoms with Gasteiger partial charge in [-0.25, -0.2) is 14.8 Å². The number of ether oxygens (including phenoxy) is 1. The van der Waals surface area contributed by atoms with Gasteiger partial charge in [0.05, 0.1) is 30.6 Å². The monoisotopic (exact) mass is 347 g/mol. The Hall–Kier alpha value is -3.54. The third-order valence-electron chi connectivity index (χ3n) is 3.79. The fraction of sp³-hybridized carbons (Fsp3) is 0.100. The molecule has 3 aromatic rings. The molecular formula is C20H17N3O3. The van der Waals surface area contributed by atoms with Crippen LogP contribution in [0.5, 0.6) is 0 Å². The number of carbonyl (C=O) groups excluding carboxylic acids is 2. The smallest absolute Gasteiger partial charge is 0.337 e. The number of carbonyl (C=O) groups is 2. The Labute approximate surface area is 150 Å². The molecule has 6 heteroatoms. The Balaban J connectivity index is 1.65. The molecule has 0 unspecified atom stereocenters. The van der Waals surface area contributed by atoms with Crippen molar-refractivity contribution in [1.29, 1.82) is 0 Å². The number of nitrogens with zero attached hydrogens (tertiary/aromatic N) is 2. The Morgan fingerprint density at radius 2 is 1.65 bits per heavy atom. The molecule has 130 valence electrons. The van der Waals surface area contributed by atoms with Crippen molar-refractivity contribution in [3.05, 3.63) is 83.8 Å². The first-order valence-electron chi connectivity index (χ1n) is 8.00. The predicted molar refractivity (Wildman–Crippen MR) is 96.4 cm³/mol. The van der Waals surface area contributed by atoms with Gasteiger partial charge in [0.15, 0.2) is 0 Å². The maximum Gasteiger partial charge on any atom is 0.337 e. The van der Waals surface area contributed by atoms with E-state index in [9.17, 15) is 9.59 Å². The van der Waals surface area contributed by atoms with Crippen molar-refractivity contribution >= 4 is 11.9 Å². The highest BCUT2D eigenvalue weighted by molar-refractivity contribution is 5.96. The van der Waals surface area contributed by atoms with E-state index < -0.39 is 5.97 Å². The minimum atomic E-state index is -0.439. The summed E-state index contributed by atoms with van der Waals surface area (Å²) in [5.41, 5.74) is 3.34. The van der Waals surface area contributed by atoms with Gasteiger partial charge in [-0.3, -0.25) is 4.79 Å². The summed E-state index contributed by atoms with van der Waals surface area (Å²) in [5, 5.41) is 2.81. The normalized spacial score (nSPS) is 10.2. The van der Waals surface area contributed by atoms with Crippen molar-refractivity contribution in [1.82, 2.24) is 15.3 Å². The van der Waals surface area contributed by atoms with Gasteiger partial charge in [-0.15, -0.1) is 0 Å². The molecule has 26 heavy (non-hydrogen) atoms.